The number of nitrogens with zero attached hydrogens (tertiary/aromatic N) is 4. The van der Waals surface area contributed by atoms with Crippen molar-refractivity contribution in [1.82, 2.24) is 18.9 Å². The highest BCUT2D eigenvalue weighted by Crippen LogP contribution is 2.48. The molecule has 5 heterocycles. The van der Waals surface area contributed by atoms with Crippen LogP contribution in [0, 0.1) is 0 Å². The molecule has 0 aliphatic carbocycles. The van der Waals surface area contributed by atoms with Gasteiger partial charge in [0.25, 0.3) is 0 Å². The quantitative estimate of drug-likeness (QED) is 0.180. The van der Waals surface area contributed by atoms with Crippen LogP contribution in [0.5, 0.6) is 0 Å². The second-order valence-electron chi connectivity index (χ2n) is 14.9. The summed E-state index contributed by atoms with van der Waals surface area (Å²) in [6.07, 6.45) is 0. The predicted octanol–water partition coefficient (Wildman–Crippen LogP) is 14.1. The van der Waals surface area contributed by atoms with Crippen LogP contribution in [-0.2, 0) is 0 Å². The molecule has 13 rings (SSSR count). The van der Waals surface area contributed by atoms with Crippen LogP contribution in [0.15, 0.2) is 182 Å². The van der Waals surface area contributed by atoms with Gasteiger partial charge in [0.15, 0.2) is 11.6 Å². The Hall–Kier alpha value is -7.34. The molecule has 0 fully saturated rings. The van der Waals surface area contributed by atoms with Crippen molar-refractivity contribution in [3.63, 3.8) is 0 Å². The van der Waals surface area contributed by atoms with Crippen molar-refractivity contribution in [3.8, 4) is 39.5 Å². The lowest BCUT2D eigenvalue weighted by atomic mass is 10.00. The SMILES string of the molecule is c1ccc(-c2ccc(-c3nc(-n4c5ccccc5c5c6c7ccccc7n7c8ccc(-c9ccccc9)cc8c(cc54)c67)c4sc5ccccc5c4n3)cc2)cc1. The van der Waals surface area contributed by atoms with Gasteiger partial charge in [-0.2, -0.15) is 0 Å². The third-order valence-corrected chi connectivity index (χ3v) is 13.0. The van der Waals surface area contributed by atoms with Crippen LogP contribution >= 0.6 is 11.3 Å². The van der Waals surface area contributed by atoms with E-state index in [1.807, 2.05) is 0 Å². The van der Waals surface area contributed by atoms with E-state index < -0.39 is 0 Å². The topological polar surface area (TPSA) is 35.1 Å². The van der Waals surface area contributed by atoms with Crippen molar-refractivity contribution < 1.29 is 0 Å². The number of aromatic nitrogens is 4. The minimum atomic E-state index is 0.715. The number of para-hydroxylation sites is 2. The highest BCUT2D eigenvalue weighted by atomic mass is 32.1. The first-order chi connectivity index (χ1) is 28.3. The van der Waals surface area contributed by atoms with Gasteiger partial charge < -0.3 is 4.40 Å². The molecule has 0 unspecified atom stereocenters. The fourth-order valence-corrected chi connectivity index (χ4v) is 10.5. The molecule has 57 heavy (non-hydrogen) atoms. The Bertz CT molecular complexity index is 3730. The summed E-state index contributed by atoms with van der Waals surface area (Å²) in [6, 6.07) is 65.7. The molecule has 264 valence electrons. The molecule has 0 bridgehead atoms. The maximum atomic E-state index is 5.57. The second-order valence-corrected chi connectivity index (χ2v) is 16.0. The summed E-state index contributed by atoms with van der Waals surface area (Å²) in [5.41, 5.74) is 12.7. The van der Waals surface area contributed by atoms with Gasteiger partial charge in [0.2, 0.25) is 0 Å². The standard InChI is InChI=1S/C52H30N4S/c1-3-13-31(14-4-1)33-23-25-34(26-24-33)51-53-48-38-19-9-12-22-45(38)57-50(48)52(54-51)56-42-21-11-7-17-36(42)46-44(56)30-40-39-29-35(32-15-5-2-6-16-32)27-28-43(39)55-41-20-10-8-18-37(41)47(46)49(40)55/h1-30H. The molecule has 0 saturated heterocycles. The van der Waals surface area contributed by atoms with Gasteiger partial charge in [-0.25, -0.2) is 9.97 Å². The van der Waals surface area contributed by atoms with Gasteiger partial charge in [-0.3, -0.25) is 4.57 Å². The fraction of sp³-hybridized carbons (Fsp3) is 0. The van der Waals surface area contributed by atoms with Crippen LogP contribution in [0.3, 0.4) is 0 Å². The van der Waals surface area contributed by atoms with Gasteiger partial charge >= 0.3 is 0 Å². The lowest BCUT2D eigenvalue weighted by Crippen LogP contribution is -2.01. The van der Waals surface area contributed by atoms with E-state index in [0.29, 0.717) is 5.82 Å². The molecule has 5 aromatic heterocycles. The molecule has 0 atom stereocenters. The van der Waals surface area contributed by atoms with E-state index in [4.69, 9.17) is 9.97 Å². The highest BCUT2D eigenvalue weighted by molar-refractivity contribution is 7.26. The number of hydrogen-bond acceptors (Lipinski definition) is 3. The first-order valence-corrected chi connectivity index (χ1v) is 20.2. The molecule has 8 aromatic carbocycles. The summed E-state index contributed by atoms with van der Waals surface area (Å²) in [7, 11) is 0. The van der Waals surface area contributed by atoms with Crippen molar-refractivity contribution in [2.24, 2.45) is 0 Å². The van der Waals surface area contributed by atoms with Crippen molar-refractivity contribution in [3.05, 3.63) is 182 Å². The molecule has 0 amide bonds. The minimum absolute atomic E-state index is 0.715. The first kappa shape index (κ1) is 30.9. The maximum absolute atomic E-state index is 5.57. The predicted molar refractivity (Wildman–Crippen MR) is 240 cm³/mol. The molecule has 13 aromatic rings. The zero-order valence-corrected chi connectivity index (χ0v) is 31.3. The zero-order chi connectivity index (χ0) is 37.2. The highest BCUT2D eigenvalue weighted by Gasteiger charge is 2.26. The summed E-state index contributed by atoms with van der Waals surface area (Å²) >= 11 is 1.77. The smallest absolute Gasteiger partial charge is 0.162 e. The van der Waals surface area contributed by atoms with E-state index >= 15 is 0 Å². The Morgan fingerprint density at radius 2 is 0.965 bits per heavy atom. The summed E-state index contributed by atoms with van der Waals surface area (Å²) in [4.78, 5) is 10.9. The zero-order valence-electron chi connectivity index (χ0n) is 30.5. The van der Waals surface area contributed by atoms with Crippen molar-refractivity contribution in [1.29, 1.82) is 0 Å². The number of rotatable bonds is 4. The maximum Gasteiger partial charge on any atom is 0.162 e. The van der Waals surface area contributed by atoms with E-state index in [1.54, 1.807) is 11.3 Å². The van der Waals surface area contributed by atoms with Gasteiger partial charge in [-0.05, 0) is 58.7 Å². The van der Waals surface area contributed by atoms with Gasteiger partial charge in [-0.1, -0.05) is 146 Å². The van der Waals surface area contributed by atoms with E-state index in [1.165, 1.54) is 75.8 Å². The monoisotopic (exact) mass is 742 g/mol. The molecular weight excluding hydrogens is 713 g/mol. The second kappa shape index (κ2) is 11.6. The molecule has 0 aliphatic rings. The number of fused-ring (bicyclic) bond motifs is 13. The average molecular weight is 743 g/mol. The van der Waals surface area contributed by atoms with E-state index in [2.05, 4.69) is 191 Å². The summed E-state index contributed by atoms with van der Waals surface area (Å²) < 4.78 is 7.19. The fourth-order valence-electron chi connectivity index (χ4n) is 9.35. The number of hydrogen-bond donors (Lipinski definition) is 0. The number of thiophene rings is 1. The van der Waals surface area contributed by atoms with E-state index in [-0.39, 0.29) is 0 Å². The van der Waals surface area contributed by atoms with Crippen LogP contribution in [0.4, 0.5) is 0 Å². The Kier molecular flexibility index (Phi) is 6.29. The Morgan fingerprint density at radius 1 is 0.386 bits per heavy atom. The van der Waals surface area contributed by atoms with Crippen molar-refractivity contribution >= 4 is 91.5 Å². The summed E-state index contributed by atoms with van der Waals surface area (Å²) in [5.74, 6) is 1.62. The van der Waals surface area contributed by atoms with Crippen LogP contribution in [0.2, 0.25) is 0 Å². The molecule has 4 nitrogen and oxygen atoms in total. The van der Waals surface area contributed by atoms with Gasteiger partial charge in [0.05, 0.1) is 37.8 Å². The minimum Gasteiger partial charge on any atom is -0.308 e. The van der Waals surface area contributed by atoms with Crippen LogP contribution in [0.1, 0.15) is 0 Å². The normalized spacial score (nSPS) is 12.2. The molecule has 0 saturated carbocycles. The van der Waals surface area contributed by atoms with Crippen LogP contribution in [-0.4, -0.2) is 18.9 Å². The van der Waals surface area contributed by atoms with E-state index in [9.17, 15) is 0 Å². The Morgan fingerprint density at radius 3 is 1.74 bits per heavy atom. The summed E-state index contributed by atoms with van der Waals surface area (Å²) in [5, 5.41) is 8.63. The van der Waals surface area contributed by atoms with Crippen LogP contribution < -0.4 is 0 Å². The van der Waals surface area contributed by atoms with Gasteiger partial charge in [0, 0.05) is 48.0 Å². The van der Waals surface area contributed by atoms with Crippen molar-refractivity contribution in [2.45, 2.75) is 0 Å². The van der Waals surface area contributed by atoms with E-state index in [0.717, 1.165) is 38.0 Å². The molecule has 5 heteroatoms. The largest absolute Gasteiger partial charge is 0.308 e. The lowest BCUT2D eigenvalue weighted by molar-refractivity contribution is 1.08. The lowest BCUT2D eigenvalue weighted by Gasteiger charge is -2.11. The molecule has 0 radical (unpaired) electrons. The third-order valence-electron chi connectivity index (χ3n) is 11.9. The van der Waals surface area contributed by atoms with Gasteiger partial charge in [0.1, 0.15) is 0 Å². The van der Waals surface area contributed by atoms with Crippen molar-refractivity contribution in [2.75, 3.05) is 0 Å². The molecular formula is C52H30N4S. The molecule has 0 aliphatic heterocycles. The number of benzene rings is 8. The molecule has 0 N–H and O–H groups in total. The average Bonchev–Trinajstić information content (AvgIpc) is 4.02. The first-order valence-electron chi connectivity index (χ1n) is 19.3. The van der Waals surface area contributed by atoms with Crippen LogP contribution in [0.25, 0.3) is 120 Å². The Labute approximate surface area is 330 Å². The molecule has 0 spiro atoms. The van der Waals surface area contributed by atoms with Gasteiger partial charge in [-0.15, -0.1) is 11.3 Å². The third kappa shape index (κ3) is 4.32. The Balaban J connectivity index is 1.17. The summed E-state index contributed by atoms with van der Waals surface area (Å²) in [6.45, 7) is 0.